The van der Waals surface area contributed by atoms with Gasteiger partial charge in [-0.2, -0.15) is 0 Å². The molecule has 106 valence electrons. The summed E-state index contributed by atoms with van der Waals surface area (Å²) in [6.07, 6.45) is 0.923. The molecule has 0 saturated carbocycles. The summed E-state index contributed by atoms with van der Waals surface area (Å²) in [4.78, 5) is 11.5. The lowest BCUT2D eigenvalue weighted by Gasteiger charge is -2.13. The third kappa shape index (κ3) is 6.13. The van der Waals surface area contributed by atoms with Crippen molar-refractivity contribution in [1.29, 1.82) is 0 Å². The lowest BCUT2D eigenvalue weighted by Crippen LogP contribution is -2.41. The van der Waals surface area contributed by atoms with Gasteiger partial charge in [0.1, 0.15) is 12.4 Å². The molecule has 1 unspecified atom stereocenters. The van der Waals surface area contributed by atoms with Crippen LogP contribution in [-0.2, 0) is 0 Å². The van der Waals surface area contributed by atoms with Crippen molar-refractivity contribution in [3.05, 3.63) is 29.3 Å². The van der Waals surface area contributed by atoms with Crippen molar-refractivity contribution in [3.8, 4) is 5.75 Å². The predicted molar refractivity (Wildman–Crippen MR) is 77.7 cm³/mol. The van der Waals surface area contributed by atoms with Gasteiger partial charge in [-0.25, -0.2) is 4.79 Å². The topological polar surface area (TPSA) is 50.4 Å². The molecule has 0 radical (unpaired) electrons. The van der Waals surface area contributed by atoms with E-state index in [1.54, 1.807) is 0 Å². The zero-order chi connectivity index (χ0) is 14.3. The number of benzene rings is 1. The quantitative estimate of drug-likeness (QED) is 0.776. The molecule has 0 saturated heterocycles. The molecule has 4 nitrogen and oxygen atoms in total. The Hall–Kier alpha value is -1.71. The van der Waals surface area contributed by atoms with Crippen molar-refractivity contribution in [1.82, 2.24) is 10.6 Å². The fourth-order valence-corrected chi connectivity index (χ4v) is 1.73. The van der Waals surface area contributed by atoms with Gasteiger partial charge in [-0.15, -0.1) is 0 Å². The Kier molecular flexibility index (Phi) is 6.19. The van der Waals surface area contributed by atoms with Crippen molar-refractivity contribution in [2.75, 3.05) is 13.2 Å². The van der Waals surface area contributed by atoms with E-state index in [0.717, 1.165) is 12.2 Å². The zero-order valence-corrected chi connectivity index (χ0v) is 12.2. The van der Waals surface area contributed by atoms with E-state index in [0.29, 0.717) is 13.2 Å². The van der Waals surface area contributed by atoms with Gasteiger partial charge in [0, 0.05) is 6.04 Å². The van der Waals surface area contributed by atoms with Crippen LogP contribution in [0, 0.1) is 13.8 Å². The maximum absolute atomic E-state index is 11.5. The smallest absolute Gasteiger partial charge is 0.315 e. The highest BCUT2D eigenvalue weighted by Crippen LogP contribution is 2.15. The predicted octanol–water partition coefficient (Wildman–Crippen LogP) is 2.78. The average Bonchev–Trinajstić information content (AvgIpc) is 2.33. The minimum atomic E-state index is -0.140. The summed E-state index contributed by atoms with van der Waals surface area (Å²) < 4.78 is 5.61. The van der Waals surface area contributed by atoms with Gasteiger partial charge in [-0.1, -0.05) is 13.0 Å². The molecule has 1 aromatic carbocycles. The SMILES string of the molecule is CCC(C)NC(=O)NCCOc1cc(C)cc(C)c1. The standard InChI is InChI=1S/C15H24N2O2/c1-5-13(4)17-15(18)16-6-7-19-14-9-11(2)8-12(3)10-14/h8-10,13H,5-7H2,1-4H3,(H2,16,17,18). The minimum absolute atomic E-state index is 0.140. The number of hydrogen-bond acceptors (Lipinski definition) is 2. The van der Waals surface area contributed by atoms with E-state index < -0.39 is 0 Å². The van der Waals surface area contributed by atoms with Crippen molar-refractivity contribution >= 4 is 6.03 Å². The zero-order valence-electron chi connectivity index (χ0n) is 12.2. The molecule has 1 atom stereocenters. The van der Waals surface area contributed by atoms with Crippen molar-refractivity contribution in [2.45, 2.75) is 40.2 Å². The molecule has 19 heavy (non-hydrogen) atoms. The second-order valence-corrected chi connectivity index (χ2v) is 4.88. The lowest BCUT2D eigenvalue weighted by molar-refractivity contribution is 0.233. The van der Waals surface area contributed by atoms with Crippen LogP contribution in [0.5, 0.6) is 5.75 Å². The molecule has 2 amide bonds. The minimum Gasteiger partial charge on any atom is -0.492 e. The summed E-state index contributed by atoms with van der Waals surface area (Å²) in [6, 6.07) is 6.14. The first kappa shape index (κ1) is 15.3. The Bertz CT molecular complexity index is 398. The summed E-state index contributed by atoms with van der Waals surface area (Å²) in [5.74, 6) is 0.849. The Balaban J connectivity index is 2.25. The Morgan fingerprint density at radius 3 is 2.47 bits per heavy atom. The fraction of sp³-hybridized carbons (Fsp3) is 0.533. The first-order chi connectivity index (χ1) is 9.01. The summed E-state index contributed by atoms with van der Waals surface area (Å²) >= 11 is 0. The summed E-state index contributed by atoms with van der Waals surface area (Å²) in [7, 11) is 0. The van der Waals surface area contributed by atoms with Gasteiger partial charge in [0.25, 0.3) is 0 Å². The van der Waals surface area contributed by atoms with Crippen molar-refractivity contribution in [2.24, 2.45) is 0 Å². The lowest BCUT2D eigenvalue weighted by atomic mass is 10.1. The fourth-order valence-electron chi connectivity index (χ4n) is 1.73. The average molecular weight is 264 g/mol. The van der Waals surface area contributed by atoms with Crippen LogP contribution in [0.2, 0.25) is 0 Å². The van der Waals surface area contributed by atoms with Crippen molar-refractivity contribution in [3.63, 3.8) is 0 Å². The second-order valence-electron chi connectivity index (χ2n) is 4.88. The third-order valence-corrected chi connectivity index (χ3v) is 2.84. The van der Waals surface area contributed by atoms with Gasteiger partial charge < -0.3 is 15.4 Å². The van der Waals surface area contributed by atoms with Gasteiger partial charge in [0.15, 0.2) is 0 Å². The molecule has 1 aromatic rings. The number of ether oxygens (including phenoxy) is 1. The van der Waals surface area contributed by atoms with E-state index in [9.17, 15) is 4.79 Å². The largest absolute Gasteiger partial charge is 0.492 e. The van der Waals surface area contributed by atoms with Crippen LogP contribution in [0.15, 0.2) is 18.2 Å². The van der Waals surface area contributed by atoms with Crippen LogP contribution in [-0.4, -0.2) is 25.2 Å². The Labute approximate surface area is 115 Å². The Morgan fingerprint density at radius 1 is 1.26 bits per heavy atom. The Morgan fingerprint density at radius 2 is 1.89 bits per heavy atom. The van der Waals surface area contributed by atoms with Crippen LogP contribution in [0.25, 0.3) is 0 Å². The number of carbonyl (C=O) groups excluding carboxylic acids is 1. The summed E-state index contributed by atoms with van der Waals surface area (Å²) in [5.41, 5.74) is 2.36. The number of hydrogen-bond donors (Lipinski definition) is 2. The van der Waals surface area contributed by atoms with Gasteiger partial charge in [0.2, 0.25) is 0 Å². The van der Waals surface area contributed by atoms with E-state index in [4.69, 9.17) is 4.74 Å². The van der Waals surface area contributed by atoms with Crippen molar-refractivity contribution < 1.29 is 9.53 Å². The molecule has 1 rings (SSSR count). The number of rotatable bonds is 6. The third-order valence-electron chi connectivity index (χ3n) is 2.84. The van der Waals surface area contributed by atoms with Crippen LogP contribution < -0.4 is 15.4 Å². The maximum atomic E-state index is 11.5. The number of nitrogens with one attached hydrogen (secondary N) is 2. The molecule has 0 fully saturated rings. The summed E-state index contributed by atoms with van der Waals surface area (Å²) in [6.45, 7) is 9.06. The van der Waals surface area contributed by atoms with E-state index >= 15 is 0 Å². The molecule has 0 aromatic heterocycles. The molecule has 0 bridgehead atoms. The summed E-state index contributed by atoms with van der Waals surface area (Å²) in [5, 5.41) is 5.61. The molecule has 0 aliphatic rings. The van der Waals surface area contributed by atoms with Gasteiger partial charge in [-0.3, -0.25) is 0 Å². The van der Waals surface area contributed by atoms with Crippen LogP contribution in [0.1, 0.15) is 31.4 Å². The maximum Gasteiger partial charge on any atom is 0.315 e. The first-order valence-electron chi connectivity index (χ1n) is 6.76. The van der Waals surface area contributed by atoms with Crippen LogP contribution >= 0.6 is 0 Å². The number of amides is 2. The first-order valence-corrected chi connectivity index (χ1v) is 6.76. The second kappa shape index (κ2) is 7.67. The normalized spacial score (nSPS) is 11.8. The number of carbonyl (C=O) groups is 1. The van der Waals surface area contributed by atoms with E-state index in [1.807, 2.05) is 39.8 Å². The van der Waals surface area contributed by atoms with Gasteiger partial charge in [-0.05, 0) is 50.5 Å². The van der Waals surface area contributed by atoms with Crippen LogP contribution in [0.3, 0.4) is 0 Å². The van der Waals surface area contributed by atoms with E-state index in [2.05, 4.69) is 16.7 Å². The highest BCUT2D eigenvalue weighted by Gasteiger charge is 2.04. The highest BCUT2D eigenvalue weighted by molar-refractivity contribution is 5.74. The molecular weight excluding hydrogens is 240 g/mol. The molecular formula is C15H24N2O2. The molecule has 0 aliphatic carbocycles. The molecule has 0 heterocycles. The number of urea groups is 1. The van der Waals surface area contributed by atoms with E-state index in [1.165, 1.54) is 11.1 Å². The van der Waals surface area contributed by atoms with Gasteiger partial charge in [0.05, 0.1) is 6.54 Å². The van der Waals surface area contributed by atoms with Gasteiger partial charge >= 0.3 is 6.03 Å². The monoisotopic (exact) mass is 264 g/mol. The molecule has 2 N–H and O–H groups in total. The molecule has 0 spiro atoms. The molecule has 0 aliphatic heterocycles. The molecule has 4 heteroatoms. The van der Waals surface area contributed by atoms with E-state index in [-0.39, 0.29) is 12.1 Å². The number of aryl methyl sites for hydroxylation is 2. The van der Waals surface area contributed by atoms with Crippen LogP contribution in [0.4, 0.5) is 4.79 Å². The highest BCUT2D eigenvalue weighted by atomic mass is 16.5.